The lowest BCUT2D eigenvalue weighted by Crippen LogP contribution is -2.52. The molecular formula is C19H24N4O3. The smallest absolute Gasteiger partial charge is 0.255 e. The zero-order valence-corrected chi connectivity index (χ0v) is 15.0. The van der Waals surface area contributed by atoms with Crippen molar-refractivity contribution < 1.29 is 14.4 Å². The van der Waals surface area contributed by atoms with Gasteiger partial charge in [-0.3, -0.25) is 19.7 Å². The summed E-state index contributed by atoms with van der Waals surface area (Å²) in [7, 11) is 2.02. The Bertz CT molecular complexity index is 787. The van der Waals surface area contributed by atoms with Crippen molar-refractivity contribution in [3.05, 3.63) is 34.9 Å². The van der Waals surface area contributed by atoms with Crippen LogP contribution in [0.5, 0.6) is 0 Å². The molecule has 7 heteroatoms. The summed E-state index contributed by atoms with van der Waals surface area (Å²) in [5, 5.41) is 2.34. The molecule has 1 atom stereocenters. The predicted molar refractivity (Wildman–Crippen MR) is 95.0 cm³/mol. The van der Waals surface area contributed by atoms with E-state index in [-0.39, 0.29) is 29.7 Å². The average Bonchev–Trinajstić information content (AvgIpc) is 3.19. The molecule has 0 aromatic heterocycles. The van der Waals surface area contributed by atoms with E-state index < -0.39 is 6.04 Å². The van der Waals surface area contributed by atoms with E-state index >= 15 is 0 Å². The molecule has 2 heterocycles. The summed E-state index contributed by atoms with van der Waals surface area (Å²) in [6.07, 6.45) is 2.75. The molecular weight excluding hydrogens is 332 g/mol. The maximum atomic E-state index is 13.0. The number of benzene rings is 1. The number of imide groups is 1. The quantitative estimate of drug-likeness (QED) is 0.743. The van der Waals surface area contributed by atoms with Gasteiger partial charge in [-0.05, 0) is 37.4 Å². The molecule has 0 spiro atoms. The highest BCUT2D eigenvalue weighted by molar-refractivity contribution is 6.05. The number of carbonyl (C=O) groups is 3. The molecule has 7 nitrogen and oxygen atoms in total. The average molecular weight is 356 g/mol. The lowest BCUT2D eigenvalue weighted by atomic mass is 10.0. The molecule has 3 N–H and O–H groups in total. The first kappa shape index (κ1) is 17.2. The monoisotopic (exact) mass is 356 g/mol. The number of likely N-dealkylation sites (N-methyl/N-ethyl adjacent to an activating group) is 1. The Morgan fingerprint density at radius 1 is 1.31 bits per heavy atom. The zero-order chi connectivity index (χ0) is 18.5. The van der Waals surface area contributed by atoms with Crippen LogP contribution in [-0.4, -0.2) is 52.7 Å². The van der Waals surface area contributed by atoms with Gasteiger partial charge in [0.05, 0.1) is 0 Å². The molecule has 138 valence electrons. The molecule has 3 amide bonds. The third-order valence-corrected chi connectivity index (χ3v) is 5.56. The number of hydrogen-bond donors (Lipinski definition) is 2. The minimum atomic E-state index is -0.572. The van der Waals surface area contributed by atoms with E-state index in [9.17, 15) is 14.4 Å². The van der Waals surface area contributed by atoms with E-state index in [0.717, 1.165) is 30.5 Å². The Hall–Kier alpha value is -2.25. The fraction of sp³-hybridized carbons (Fsp3) is 0.526. The van der Waals surface area contributed by atoms with Gasteiger partial charge in [0.15, 0.2) is 0 Å². The largest absolute Gasteiger partial charge is 0.324 e. The standard InChI is InChI=1S/C19H24N4O3/c1-22(11-19(20)7-8-19)9-12-3-2-4-13-10-23(18(26)16(12)13)14-5-6-15(24)21-17(14)25/h2-4,14H,5-11,20H2,1H3,(H,21,24,25). The topological polar surface area (TPSA) is 95.7 Å². The Labute approximate surface area is 152 Å². The number of amides is 3. The number of piperidine rings is 1. The Morgan fingerprint density at radius 3 is 2.77 bits per heavy atom. The summed E-state index contributed by atoms with van der Waals surface area (Å²) in [5.41, 5.74) is 8.74. The minimum absolute atomic E-state index is 0.0739. The fourth-order valence-electron chi connectivity index (χ4n) is 4.02. The molecule has 1 unspecified atom stereocenters. The van der Waals surface area contributed by atoms with Crippen molar-refractivity contribution in [3.63, 3.8) is 0 Å². The summed E-state index contributed by atoms with van der Waals surface area (Å²) < 4.78 is 0. The maximum Gasteiger partial charge on any atom is 0.255 e. The van der Waals surface area contributed by atoms with Gasteiger partial charge in [0.25, 0.3) is 5.91 Å². The predicted octanol–water partition coefficient (Wildman–Crippen LogP) is 0.371. The Morgan fingerprint density at radius 2 is 2.08 bits per heavy atom. The van der Waals surface area contributed by atoms with E-state index in [2.05, 4.69) is 10.2 Å². The summed E-state index contributed by atoms with van der Waals surface area (Å²) >= 11 is 0. The SMILES string of the molecule is CN(Cc1cccc2c1C(=O)N(C1CCC(=O)NC1=O)C2)CC1(N)CC1. The van der Waals surface area contributed by atoms with Gasteiger partial charge in [0, 0.05) is 37.2 Å². The first-order valence-electron chi connectivity index (χ1n) is 9.09. The Balaban J connectivity index is 1.53. The van der Waals surface area contributed by atoms with E-state index in [4.69, 9.17) is 5.73 Å². The van der Waals surface area contributed by atoms with Gasteiger partial charge >= 0.3 is 0 Å². The number of nitrogens with one attached hydrogen (secondary N) is 1. The minimum Gasteiger partial charge on any atom is -0.324 e. The zero-order valence-electron chi connectivity index (χ0n) is 15.0. The number of nitrogens with two attached hydrogens (primary N) is 1. The van der Waals surface area contributed by atoms with Gasteiger partial charge in [0.2, 0.25) is 11.8 Å². The van der Waals surface area contributed by atoms with Crippen LogP contribution in [0.15, 0.2) is 18.2 Å². The summed E-state index contributed by atoms with van der Waals surface area (Å²) in [6.45, 7) is 1.87. The second-order valence-electron chi connectivity index (χ2n) is 7.89. The van der Waals surface area contributed by atoms with Gasteiger partial charge in [0.1, 0.15) is 6.04 Å². The van der Waals surface area contributed by atoms with Crippen LogP contribution < -0.4 is 11.1 Å². The molecule has 1 aromatic carbocycles. The number of rotatable bonds is 5. The molecule has 26 heavy (non-hydrogen) atoms. The van der Waals surface area contributed by atoms with Gasteiger partial charge in [-0.25, -0.2) is 0 Å². The van der Waals surface area contributed by atoms with Gasteiger partial charge in [-0.1, -0.05) is 18.2 Å². The number of hydrogen-bond acceptors (Lipinski definition) is 5. The van der Waals surface area contributed by atoms with E-state index in [1.807, 2.05) is 25.2 Å². The number of fused-ring (bicyclic) bond motifs is 1. The first-order valence-corrected chi connectivity index (χ1v) is 9.09. The van der Waals surface area contributed by atoms with Crippen LogP contribution in [-0.2, 0) is 22.7 Å². The maximum absolute atomic E-state index is 13.0. The van der Waals surface area contributed by atoms with Crippen molar-refractivity contribution >= 4 is 17.7 Å². The van der Waals surface area contributed by atoms with Crippen molar-refractivity contribution in [2.45, 2.75) is 50.4 Å². The van der Waals surface area contributed by atoms with Crippen LogP contribution in [0.1, 0.15) is 47.2 Å². The molecule has 3 aliphatic rings. The highest BCUT2D eigenvalue weighted by Gasteiger charge is 2.41. The second kappa shape index (κ2) is 6.17. The highest BCUT2D eigenvalue weighted by Crippen LogP contribution is 2.34. The molecule has 1 saturated carbocycles. The Kier molecular flexibility index (Phi) is 4.08. The highest BCUT2D eigenvalue weighted by atomic mass is 16.2. The molecule has 1 saturated heterocycles. The van der Waals surface area contributed by atoms with Crippen LogP contribution in [0.3, 0.4) is 0 Å². The van der Waals surface area contributed by atoms with Crippen LogP contribution in [0.25, 0.3) is 0 Å². The lowest BCUT2D eigenvalue weighted by molar-refractivity contribution is -0.136. The summed E-state index contributed by atoms with van der Waals surface area (Å²) in [5.74, 6) is -0.763. The first-order chi connectivity index (χ1) is 12.4. The number of nitrogens with zero attached hydrogens (tertiary/aromatic N) is 2. The normalized spacial score (nSPS) is 24.0. The second-order valence-corrected chi connectivity index (χ2v) is 7.89. The van der Waals surface area contributed by atoms with Crippen LogP contribution in [0.2, 0.25) is 0 Å². The van der Waals surface area contributed by atoms with Crippen molar-refractivity contribution in [3.8, 4) is 0 Å². The molecule has 4 rings (SSSR count). The van der Waals surface area contributed by atoms with Crippen molar-refractivity contribution in [1.82, 2.24) is 15.1 Å². The van der Waals surface area contributed by atoms with Crippen LogP contribution >= 0.6 is 0 Å². The van der Waals surface area contributed by atoms with E-state index in [1.54, 1.807) is 4.90 Å². The van der Waals surface area contributed by atoms with Crippen LogP contribution in [0.4, 0.5) is 0 Å². The van der Waals surface area contributed by atoms with Crippen LogP contribution in [0, 0.1) is 0 Å². The fourth-order valence-corrected chi connectivity index (χ4v) is 4.02. The molecule has 2 fully saturated rings. The van der Waals surface area contributed by atoms with Gasteiger partial charge in [-0.2, -0.15) is 0 Å². The van der Waals surface area contributed by atoms with E-state index in [1.165, 1.54) is 0 Å². The molecule has 1 aliphatic carbocycles. The number of carbonyl (C=O) groups excluding carboxylic acids is 3. The van der Waals surface area contributed by atoms with Crippen molar-refractivity contribution in [1.29, 1.82) is 0 Å². The van der Waals surface area contributed by atoms with Crippen molar-refractivity contribution in [2.75, 3.05) is 13.6 Å². The lowest BCUT2D eigenvalue weighted by Gasteiger charge is -2.29. The summed E-state index contributed by atoms with van der Waals surface area (Å²) in [6, 6.07) is 5.29. The van der Waals surface area contributed by atoms with Gasteiger partial charge in [-0.15, -0.1) is 0 Å². The van der Waals surface area contributed by atoms with Crippen molar-refractivity contribution in [2.24, 2.45) is 5.73 Å². The third kappa shape index (κ3) is 3.12. The third-order valence-electron chi connectivity index (χ3n) is 5.56. The summed E-state index contributed by atoms with van der Waals surface area (Å²) in [4.78, 5) is 40.3. The molecule has 0 radical (unpaired) electrons. The molecule has 2 aliphatic heterocycles. The van der Waals surface area contributed by atoms with Gasteiger partial charge < -0.3 is 15.5 Å². The molecule has 1 aromatic rings. The molecule has 0 bridgehead atoms. The van der Waals surface area contributed by atoms with E-state index in [0.29, 0.717) is 25.1 Å².